The van der Waals surface area contributed by atoms with Crippen molar-refractivity contribution < 1.29 is 0 Å². The minimum atomic E-state index is 0.508. The number of nitrogens with zero attached hydrogens (tertiary/aromatic N) is 6. The number of thiazole rings is 1. The Morgan fingerprint density at radius 1 is 1.08 bits per heavy atom. The first-order valence-corrected chi connectivity index (χ1v) is 15.0. The van der Waals surface area contributed by atoms with Gasteiger partial charge in [-0.15, -0.1) is 0 Å². The van der Waals surface area contributed by atoms with Crippen molar-refractivity contribution in [1.29, 1.82) is 0 Å². The number of hydrogen-bond acceptors (Lipinski definition) is 9. The third kappa shape index (κ3) is 7.95. The second-order valence-corrected chi connectivity index (χ2v) is 12.3. The molecule has 0 saturated heterocycles. The minimum absolute atomic E-state index is 0.508. The Morgan fingerprint density at radius 2 is 1.92 bits per heavy atom. The van der Waals surface area contributed by atoms with E-state index in [0.29, 0.717) is 17.1 Å². The van der Waals surface area contributed by atoms with Gasteiger partial charge in [0.05, 0.1) is 28.7 Å². The lowest BCUT2D eigenvalue weighted by molar-refractivity contribution is 0.182. The van der Waals surface area contributed by atoms with E-state index in [9.17, 15) is 0 Å². The summed E-state index contributed by atoms with van der Waals surface area (Å²) in [4.78, 5) is 26.7. The van der Waals surface area contributed by atoms with Gasteiger partial charge in [0.2, 0.25) is 0 Å². The van der Waals surface area contributed by atoms with Gasteiger partial charge >= 0.3 is 0 Å². The summed E-state index contributed by atoms with van der Waals surface area (Å²) in [5.41, 5.74) is 2.90. The Bertz CT molecular complexity index is 1080. The number of thioether (sulfide) groups is 1. The fourth-order valence-electron chi connectivity index (χ4n) is 4.61. The largest absolute Gasteiger partial charge is 0.315 e. The first kappa shape index (κ1) is 26.9. The third-order valence-electron chi connectivity index (χ3n) is 6.66. The quantitative estimate of drug-likeness (QED) is 0.150. The molecule has 7 nitrogen and oxygen atoms in total. The van der Waals surface area contributed by atoms with Gasteiger partial charge in [-0.1, -0.05) is 75.5 Å². The maximum absolute atomic E-state index is 4.83. The molecular formula is C27H39N7S2. The standard InChI is InChI=1S/C27H39N7S2/c1-5-6-8-11-20(3)35-27-31-19(2)14-23(32-27)24-16-30-26(36-24)33-25-17-28-21(15-29-25)18-34(4)22-12-9-7-10-13-22/h14-17,20,22H,5-13,18H2,1-4H3,(H,29,30,33). The normalized spacial score (nSPS) is 15.4. The highest BCUT2D eigenvalue weighted by Gasteiger charge is 2.18. The summed E-state index contributed by atoms with van der Waals surface area (Å²) >= 11 is 3.34. The molecular weight excluding hydrogens is 486 g/mol. The highest BCUT2D eigenvalue weighted by atomic mass is 32.2. The second-order valence-electron chi connectivity index (χ2n) is 9.86. The average Bonchev–Trinajstić information content (AvgIpc) is 3.34. The van der Waals surface area contributed by atoms with Crippen molar-refractivity contribution in [2.24, 2.45) is 0 Å². The fraction of sp³-hybridized carbons (Fsp3) is 0.593. The van der Waals surface area contributed by atoms with Gasteiger partial charge in [0.25, 0.3) is 0 Å². The van der Waals surface area contributed by atoms with Crippen LogP contribution in [0.4, 0.5) is 10.9 Å². The molecule has 3 aromatic rings. The molecule has 1 N–H and O–H groups in total. The maximum atomic E-state index is 4.83. The van der Waals surface area contributed by atoms with E-state index in [4.69, 9.17) is 4.98 Å². The minimum Gasteiger partial charge on any atom is -0.315 e. The SMILES string of the molecule is CCCCCC(C)Sc1nc(C)cc(-c2cnc(Nc3cnc(CN(C)C4CCCCC4)cn3)s2)n1. The zero-order valence-corrected chi connectivity index (χ0v) is 23.7. The Morgan fingerprint density at radius 3 is 2.67 bits per heavy atom. The van der Waals surface area contributed by atoms with E-state index in [-0.39, 0.29) is 0 Å². The summed E-state index contributed by atoms with van der Waals surface area (Å²) in [6.07, 6.45) is 17.2. The van der Waals surface area contributed by atoms with Gasteiger partial charge in [0, 0.05) is 29.7 Å². The summed E-state index contributed by atoms with van der Waals surface area (Å²) in [7, 11) is 2.20. The van der Waals surface area contributed by atoms with Crippen LogP contribution < -0.4 is 5.32 Å². The molecule has 3 heterocycles. The van der Waals surface area contributed by atoms with E-state index < -0.39 is 0 Å². The lowest BCUT2D eigenvalue weighted by Crippen LogP contribution is -2.33. The molecule has 3 aromatic heterocycles. The van der Waals surface area contributed by atoms with Crippen molar-refractivity contribution in [1.82, 2.24) is 29.8 Å². The molecule has 1 fully saturated rings. The van der Waals surface area contributed by atoms with Gasteiger partial charge < -0.3 is 5.32 Å². The van der Waals surface area contributed by atoms with Crippen molar-refractivity contribution in [2.45, 2.75) is 102 Å². The second kappa shape index (κ2) is 13.4. The van der Waals surface area contributed by atoms with Gasteiger partial charge in [0.1, 0.15) is 0 Å². The molecule has 36 heavy (non-hydrogen) atoms. The predicted octanol–water partition coefficient (Wildman–Crippen LogP) is 7.27. The molecule has 9 heteroatoms. The van der Waals surface area contributed by atoms with E-state index in [1.807, 2.05) is 25.4 Å². The summed E-state index contributed by atoms with van der Waals surface area (Å²) in [6.45, 7) is 7.37. The van der Waals surface area contributed by atoms with Crippen molar-refractivity contribution in [3.63, 3.8) is 0 Å². The molecule has 1 saturated carbocycles. The Labute approximate surface area is 224 Å². The highest BCUT2D eigenvalue weighted by Crippen LogP contribution is 2.32. The summed E-state index contributed by atoms with van der Waals surface area (Å²) < 4.78 is 0. The number of rotatable bonds is 12. The number of anilines is 2. The molecule has 0 aliphatic heterocycles. The molecule has 1 aliphatic rings. The number of nitrogens with one attached hydrogen (secondary N) is 1. The third-order valence-corrected chi connectivity index (χ3v) is 8.63. The van der Waals surface area contributed by atoms with Crippen molar-refractivity contribution in [3.05, 3.63) is 36.0 Å². The smallest absolute Gasteiger partial charge is 0.188 e. The monoisotopic (exact) mass is 525 g/mol. The van der Waals surface area contributed by atoms with E-state index in [1.54, 1.807) is 29.3 Å². The van der Waals surface area contributed by atoms with Crippen LogP contribution in [0.25, 0.3) is 10.6 Å². The van der Waals surface area contributed by atoms with Crippen molar-refractivity contribution in [3.8, 4) is 10.6 Å². The van der Waals surface area contributed by atoms with Gasteiger partial charge in [-0.05, 0) is 39.3 Å². The molecule has 4 rings (SSSR count). The number of unbranched alkanes of at least 4 members (excludes halogenated alkanes) is 2. The molecule has 194 valence electrons. The lowest BCUT2D eigenvalue weighted by atomic mass is 9.94. The van der Waals surface area contributed by atoms with Crippen LogP contribution in [-0.4, -0.2) is 48.2 Å². The van der Waals surface area contributed by atoms with Crippen molar-refractivity contribution in [2.75, 3.05) is 12.4 Å². The zero-order valence-electron chi connectivity index (χ0n) is 22.0. The Balaban J connectivity index is 1.35. The van der Waals surface area contributed by atoms with Crippen LogP contribution in [0.15, 0.2) is 29.8 Å². The first-order valence-electron chi connectivity index (χ1n) is 13.3. The van der Waals surface area contributed by atoms with Gasteiger partial charge in [-0.3, -0.25) is 9.88 Å². The molecule has 0 aromatic carbocycles. The van der Waals surface area contributed by atoms with Crippen LogP contribution in [0, 0.1) is 6.92 Å². The number of hydrogen-bond donors (Lipinski definition) is 1. The maximum Gasteiger partial charge on any atom is 0.188 e. The number of aryl methyl sites for hydroxylation is 1. The van der Waals surface area contributed by atoms with Crippen LogP contribution in [0.1, 0.15) is 83.0 Å². The van der Waals surface area contributed by atoms with Gasteiger partial charge in [0.15, 0.2) is 16.1 Å². The molecule has 0 spiro atoms. The van der Waals surface area contributed by atoms with Crippen LogP contribution in [0.5, 0.6) is 0 Å². The molecule has 1 unspecified atom stereocenters. The molecule has 0 bridgehead atoms. The highest BCUT2D eigenvalue weighted by molar-refractivity contribution is 7.99. The summed E-state index contributed by atoms with van der Waals surface area (Å²) in [6, 6.07) is 2.70. The topological polar surface area (TPSA) is 79.7 Å². The average molecular weight is 526 g/mol. The fourth-order valence-corrected chi connectivity index (χ4v) is 6.38. The Hall–Kier alpha value is -2.10. The van der Waals surface area contributed by atoms with E-state index in [2.05, 4.69) is 51.0 Å². The van der Waals surface area contributed by atoms with Crippen LogP contribution in [0.3, 0.4) is 0 Å². The van der Waals surface area contributed by atoms with Crippen LogP contribution >= 0.6 is 23.1 Å². The van der Waals surface area contributed by atoms with E-state index in [0.717, 1.165) is 38.8 Å². The van der Waals surface area contributed by atoms with Gasteiger partial charge in [-0.2, -0.15) is 0 Å². The summed E-state index contributed by atoms with van der Waals surface area (Å²) in [5, 5.41) is 5.43. The molecule has 0 amide bonds. The predicted molar refractivity (Wildman–Crippen MR) is 151 cm³/mol. The first-order chi connectivity index (χ1) is 17.5. The zero-order chi connectivity index (χ0) is 25.3. The van der Waals surface area contributed by atoms with Crippen LogP contribution in [-0.2, 0) is 6.54 Å². The van der Waals surface area contributed by atoms with Gasteiger partial charge in [-0.25, -0.2) is 19.9 Å². The Kier molecular flexibility index (Phi) is 10.1. The molecule has 0 radical (unpaired) electrons. The molecule has 1 aliphatic carbocycles. The summed E-state index contributed by atoms with van der Waals surface area (Å²) in [5.74, 6) is 0.705. The van der Waals surface area contributed by atoms with E-state index >= 15 is 0 Å². The van der Waals surface area contributed by atoms with Crippen LogP contribution in [0.2, 0.25) is 0 Å². The molecule has 1 atom stereocenters. The van der Waals surface area contributed by atoms with E-state index in [1.165, 1.54) is 57.8 Å². The lowest BCUT2D eigenvalue weighted by Gasteiger charge is -2.30. The number of aromatic nitrogens is 5. The van der Waals surface area contributed by atoms with Crippen molar-refractivity contribution >= 4 is 34.0 Å².